The summed E-state index contributed by atoms with van der Waals surface area (Å²) in [5.41, 5.74) is 1.05. The highest BCUT2D eigenvalue weighted by Crippen LogP contribution is 2.27. The van der Waals surface area contributed by atoms with Gasteiger partial charge in [-0.15, -0.1) is 0 Å². The normalized spacial score (nSPS) is 11.1. The third-order valence-electron chi connectivity index (χ3n) is 5.29. The Morgan fingerprint density at radius 2 is 1.71 bits per heavy atom. The molecule has 0 fully saturated rings. The van der Waals surface area contributed by atoms with Gasteiger partial charge in [-0.2, -0.15) is 0 Å². The van der Waals surface area contributed by atoms with E-state index in [-0.39, 0.29) is 12.5 Å². The molecular weight excluding hydrogens is 448 g/mol. The highest BCUT2D eigenvalue weighted by Gasteiger charge is 2.25. The number of carbonyl (C=O) groups is 3. The number of aryl methyl sites for hydroxylation is 1. The van der Waals surface area contributed by atoms with E-state index in [1.165, 1.54) is 6.20 Å². The van der Waals surface area contributed by atoms with Gasteiger partial charge in [0.25, 0.3) is 0 Å². The van der Waals surface area contributed by atoms with Crippen LogP contribution >= 0.6 is 0 Å². The van der Waals surface area contributed by atoms with E-state index in [1.807, 2.05) is 27.7 Å². The van der Waals surface area contributed by atoms with Crippen LogP contribution in [0.2, 0.25) is 0 Å². The summed E-state index contributed by atoms with van der Waals surface area (Å²) in [6, 6.07) is 0. The zero-order valence-corrected chi connectivity index (χ0v) is 22.5. The highest BCUT2D eigenvalue weighted by molar-refractivity contribution is 5.79. The molecule has 1 heterocycles. The summed E-state index contributed by atoms with van der Waals surface area (Å²) >= 11 is 0. The minimum atomic E-state index is -0.653. The van der Waals surface area contributed by atoms with Gasteiger partial charge in [0, 0.05) is 30.3 Å². The van der Waals surface area contributed by atoms with Crippen LogP contribution in [0.3, 0.4) is 0 Å². The maximum absolute atomic E-state index is 13.0. The highest BCUT2D eigenvalue weighted by atomic mass is 16.6. The number of esters is 1. The van der Waals surface area contributed by atoms with Crippen molar-refractivity contribution in [3.05, 3.63) is 23.0 Å². The van der Waals surface area contributed by atoms with E-state index < -0.39 is 11.7 Å². The quantitative estimate of drug-likeness (QED) is 0.158. The Bertz CT molecular complexity index is 804. The molecular formula is C27H44N2O6. The lowest BCUT2D eigenvalue weighted by atomic mass is 10.1. The van der Waals surface area contributed by atoms with Gasteiger partial charge in [-0.1, -0.05) is 33.1 Å². The standard InChI is InChI=1S/C27H44N2O6/c1-7-9-16-33-24(31)14-12-11-13-15-29(26(32)35-27(4,5)6)19-23-22(20-30)18-28-21(3)25(23)34-17-10-8-2/h18,20H,7-17,19H2,1-6H3. The average Bonchev–Trinajstić information content (AvgIpc) is 2.78. The minimum Gasteiger partial charge on any atom is -0.491 e. The first-order valence-corrected chi connectivity index (χ1v) is 12.8. The van der Waals surface area contributed by atoms with Gasteiger partial charge in [0.1, 0.15) is 11.4 Å². The third-order valence-corrected chi connectivity index (χ3v) is 5.29. The van der Waals surface area contributed by atoms with Gasteiger partial charge >= 0.3 is 12.1 Å². The van der Waals surface area contributed by atoms with Crippen LogP contribution in [0.25, 0.3) is 0 Å². The Kier molecular flexibility index (Phi) is 14.0. The number of rotatable bonds is 16. The van der Waals surface area contributed by atoms with Gasteiger partial charge in [0.2, 0.25) is 0 Å². The van der Waals surface area contributed by atoms with Crippen molar-refractivity contribution in [1.82, 2.24) is 9.88 Å². The molecule has 0 saturated heterocycles. The summed E-state index contributed by atoms with van der Waals surface area (Å²) in [6.45, 7) is 13.0. The maximum Gasteiger partial charge on any atom is 0.410 e. The molecule has 0 bridgehead atoms. The predicted molar refractivity (Wildman–Crippen MR) is 136 cm³/mol. The topological polar surface area (TPSA) is 95.0 Å². The number of amides is 1. The number of aromatic nitrogens is 1. The lowest BCUT2D eigenvalue weighted by Gasteiger charge is -2.28. The van der Waals surface area contributed by atoms with E-state index in [9.17, 15) is 14.4 Å². The van der Waals surface area contributed by atoms with Crippen LogP contribution in [0.4, 0.5) is 4.79 Å². The van der Waals surface area contributed by atoms with E-state index in [0.29, 0.717) is 61.6 Å². The molecule has 0 unspecified atom stereocenters. The van der Waals surface area contributed by atoms with Gasteiger partial charge in [0.15, 0.2) is 6.29 Å². The van der Waals surface area contributed by atoms with Crippen LogP contribution in [0.5, 0.6) is 5.75 Å². The van der Waals surface area contributed by atoms with E-state index >= 15 is 0 Å². The maximum atomic E-state index is 13.0. The van der Waals surface area contributed by atoms with E-state index in [2.05, 4.69) is 18.8 Å². The zero-order chi connectivity index (χ0) is 26.3. The summed E-state index contributed by atoms with van der Waals surface area (Å²) in [5, 5.41) is 0. The fourth-order valence-corrected chi connectivity index (χ4v) is 3.33. The number of aldehydes is 1. The number of hydrogen-bond donors (Lipinski definition) is 0. The van der Waals surface area contributed by atoms with E-state index in [1.54, 1.807) is 4.90 Å². The van der Waals surface area contributed by atoms with Crippen molar-refractivity contribution in [2.24, 2.45) is 0 Å². The van der Waals surface area contributed by atoms with Gasteiger partial charge in [0.05, 0.1) is 25.5 Å². The monoisotopic (exact) mass is 492 g/mol. The second-order valence-electron chi connectivity index (χ2n) is 9.71. The SMILES string of the molecule is CCCCOC(=O)CCCCCN(Cc1c(C=O)cnc(C)c1OCCCC)C(=O)OC(C)(C)C. The number of ether oxygens (including phenoxy) is 3. The molecule has 1 amide bonds. The smallest absolute Gasteiger partial charge is 0.410 e. The third kappa shape index (κ3) is 12.1. The van der Waals surface area contributed by atoms with Crippen LogP contribution in [0.1, 0.15) is 108 Å². The minimum absolute atomic E-state index is 0.173. The number of pyridine rings is 1. The summed E-state index contributed by atoms with van der Waals surface area (Å²) in [4.78, 5) is 42.5. The lowest BCUT2D eigenvalue weighted by molar-refractivity contribution is -0.143. The van der Waals surface area contributed by atoms with Crippen molar-refractivity contribution in [2.45, 2.75) is 105 Å². The molecule has 1 aromatic rings. The molecule has 0 saturated carbocycles. The summed E-state index contributed by atoms with van der Waals surface area (Å²) in [7, 11) is 0. The molecule has 0 aromatic carbocycles. The zero-order valence-electron chi connectivity index (χ0n) is 22.5. The van der Waals surface area contributed by atoms with Crippen molar-refractivity contribution in [3.8, 4) is 5.75 Å². The van der Waals surface area contributed by atoms with Crippen molar-refractivity contribution in [1.29, 1.82) is 0 Å². The second kappa shape index (κ2) is 16.1. The lowest BCUT2D eigenvalue weighted by Crippen LogP contribution is -2.37. The fourth-order valence-electron chi connectivity index (χ4n) is 3.33. The Morgan fingerprint density at radius 1 is 1.03 bits per heavy atom. The van der Waals surface area contributed by atoms with E-state index in [4.69, 9.17) is 14.2 Å². The van der Waals surface area contributed by atoms with Crippen molar-refractivity contribution in [2.75, 3.05) is 19.8 Å². The first-order chi connectivity index (χ1) is 16.6. The number of carbonyl (C=O) groups excluding carboxylic acids is 3. The molecule has 0 spiro atoms. The summed E-state index contributed by atoms with van der Waals surface area (Å²) in [6.07, 6.45) is 8.02. The molecule has 35 heavy (non-hydrogen) atoms. The second-order valence-corrected chi connectivity index (χ2v) is 9.71. The molecule has 0 aliphatic rings. The number of nitrogens with zero attached hydrogens (tertiary/aromatic N) is 2. The summed E-state index contributed by atoms with van der Waals surface area (Å²) < 4.78 is 16.8. The molecule has 1 rings (SSSR count). The average molecular weight is 493 g/mol. The predicted octanol–water partition coefficient (Wildman–Crippen LogP) is 6.02. The molecule has 8 nitrogen and oxygen atoms in total. The van der Waals surface area contributed by atoms with Crippen LogP contribution in [0, 0.1) is 6.92 Å². The Labute approximate surface area is 210 Å². The van der Waals surface area contributed by atoms with Gasteiger partial charge < -0.3 is 19.1 Å². The largest absolute Gasteiger partial charge is 0.491 e. The molecule has 1 aromatic heterocycles. The molecule has 0 aliphatic carbocycles. The Balaban J connectivity index is 2.92. The van der Waals surface area contributed by atoms with Crippen molar-refractivity contribution in [3.63, 3.8) is 0 Å². The number of unbranched alkanes of at least 4 members (excludes halogenated alkanes) is 4. The molecule has 198 valence electrons. The van der Waals surface area contributed by atoms with Crippen molar-refractivity contribution >= 4 is 18.3 Å². The van der Waals surface area contributed by atoms with Crippen LogP contribution in [0.15, 0.2) is 6.20 Å². The Morgan fingerprint density at radius 3 is 2.34 bits per heavy atom. The number of hydrogen-bond acceptors (Lipinski definition) is 7. The van der Waals surface area contributed by atoms with E-state index in [0.717, 1.165) is 38.4 Å². The first kappa shape index (κ1) is 30.4. The summed E-state index contributed by atoms with van der Waals surface area (Å²) in [5.74, 6) is 0.366. The Hall–Kier alpha value is -2.64. The molecule has 0 aliphatic heterocycles. The molecule has 0 N–H and O–H groups in total. The fraction of sp³-hybridized carbons (Fsp3) is 0.704. The van der Waals surface area contributed by atoms with Crippen LogP contribution < -0.4 is 4.74 Å². The van der Waals surface area contributed by atoms with Crippen molar-refractivity contribution < 1.29 is 28.6 Å². The van der Waals surface area contributed by atoms with Crippen LogP contribution in [-0.4, -0.2) is 53.6 Å². The first-order valence-electron chi connectivity index (χ1n) is 12.8. The van der Waals surface area contributed by atoms with Gasteiger partial charge in [-0.05, 0) is 53.4 Å². The van der Waals surface area contributed by atoms with Gasteiger partial charge in [-0.3, -0.25) is 14.6 Å². The molecule has 0 atom stereocenters. The molecule has 8 heteroatoms. The van der Waals surface area contributed by atoms with Crippen LogP contribution in [-0.2, 0) is 20.8 Å². The van der Waals surface area contributed by atoms with Gasteiger partial charge in [-0.25, -0.2) is 4.79 Å². The molecule has 0 radical (unpaired) electrons.